The van der Waals surface area contributed by atoms with Crippen LogP contribution >= 0.6 is 0 Å². The molecule has 0 atom stereocenters. The zero-order chi connectivity index (χ0) is 10.8. The number of carbonyl (C=O) groups excluding carboxylic acids is 1. The summed E-state index contributed by atoms with van der Waals surface area (Å²) in [5.74, 6) is -0.520. The van der Waals surface area contributed by atoms with E-state index in [0.29, 0.717) is 12.0 Å². The highest BCUT2D eigenvalue weighted by atomic mass is 19.1. The number of aryl methyl sites for hydroxylation is 1. The number of halogens is 1. The summed E-state index contributed by atoms with van der Waals surface area (Å²) >= 11 is 0. The molecule has 15 heavy (non-hydrogen) atoms. The van der Waals surface area contributed by atoms with E-state index in [4.69, 9.17) is 0 Å². The number of hydrogen-bond donors (Lipinski definition) is 0. The number of nitrogens with zero attached hydrogens (tertiary/aromatic N) is 2. The van der Waals surface area contributed by atoms with E-state index >= 15 is 0 Å². The summed E-state index contributed by atoms with van der Waals surface area (Å²) < 4.78 is 15.0. The van der Waals surface area contributed by atoms with E-state index in [1.54, 1.807) is 23.2 Å². The maximum atomic E-state index is 13.3. The molecule has 3 nitrogen and oxygen atoms in total. The van der Waals surface area contributed by atoms with Crippen LogP contribution in [0.5, 0.6) is 0 Å². The van der Waals surface area contributed by atoms with Crippen molar-refractivity contribution < 1.29 is 9.18 Å². The maximum Gasteiger partial charge on any atom is 0.152 e. The van der Waals surface area contributed by atoms with E-state index in [9.17, 15) is 9.18 Å². The van der Waals surface area contributed by atoms with Crippen LogP contribution in [0.25, 0.3) is 5.69 Å². The Balaban J connectivity index is 2.46. The predicted molar refractivity (Wildman–Crippen MR) is 53.6 cm³/mol. The van der Waals surface area contributed by atoms with Gasteiger partial charge in [-0.25, -0.2) is 9.37 Å². The van der Waals surface area contributed by atoms with Gasteiger partial charge in [-0.2, -0.15) is 0 Å². The highest BCUT2D eigenvalue weighted by Crippen LogP contribution is 2.13. The predicted octanol–water partition coefficient (Wildman–Crippen LogP) is 2.13. The fourth-order valence-corrected chi connectivity index (χ4v) is 1.33. The molecule has 2 rings (SSSR count). The molecular formula is C11H9FN2O. The lowest BCUT2D eigenvalue weighted by atomic mass is 10.2. The van der Waals surface area contributed by atoms with Crippen molar-refractivity contribution in [2.45, 2.75) is 6.92 Å². The monoisotopic (exact) mass is 204 g/mol. The Hall–Kier alpha value is -1.97. The van der Waals surface area contributed by atoms with Gasteiger partial charge >= 0.3 is 0 Å². The van der Waals surface area contributed by atoms with Gasteiger partial charge in [0.05, 0.1) is 17.6 Å². The summed E-state index contributed by atoms with van der Waals surface area (Å²) in [6, 6.07) is 4.44. The highest BCUT2D eigenvalue weighted by molar-refractivity contribution is 5.75. The Labute approximate surface area is 86.2 Å². The fraction of sp³-hybridized carbons (Fsp3) is 0.0909. The Morgan fingerprint density at radius 2 is 2.27 bits per heavy atom. The lowest BCUT2D eigenvalue weighted by Crippen LogP contribution is -1.94. The van der Waals surface area contributed by atoms with Crippen LogP contribution in [0.1, 0.15) is 16.1 Å². The third-order valence-corrected chi connectivity index (χ3v) is 2.12. The molecule has 0 aliphatic carbocycles. The molecule has 1 heterocycles. The second-order valence-electron chi connectivity index (χ2n) is 3.25. The molecule has 4 heteroatoms. The van der Waals surface area contributed by atoms with E-state index in [1.165, 1.54) is 12.1 Å². The van der Waals surface area contributed by atoms with Crippen molar-refractivity contribution in [1.82, 2.24) is 9.55 Å². The van der Waals surface area contributed by atoms with Crippen molar-refractivity contribution in [2.24, 2.45) is 0 Å². The summed E-state index contributed by atoms with van der Waals surface area (Å²) in [5.41, 5.74) is 1.57. The number of hydrogen-bond acceptors (Lipinski definition) is 2. The molecule has 0 aliphatic rings. The summed E-state index contributed by atoms with van der Waals surface area (Å²) in [4.78, 5) is 14.5. The molecule has 1 aromatic carbocycles. The van der Waals surface area contributed by atoms with E-state index in [-0.39, 0.29) is 5.56 Å². The molecule has 0 amide bonds. The normalized spacial score (nSPS) is 10.3. The third kappa shape index (κ3) is 1.79. The molecule has 0 N–H and O–H groups in total. The van der Waals surface area contributed by atoms with E-state index < -0.39 is 5.82 Å². The molecule has 0 aliphatic heterocycles. The average molecular weight is 204 g/mol. The van der Waals surface area contributed by atoms with Crippen molar-refractivity contribution in [2.75, 3.05) is 0 Å². The summed E-state index contributed by atoms with van der Waals surface area (Å²) in [6.07, 6.45) is 3.89. The van der Waals surface area contributed by atoms with Gasteiger partial charge in [-0.1, -0.05) is 0 Å². The number of imidazole rings is 1. The van der Waals surface area contributed by atoms with Gasteiger partial charge in [0.25, 0.3) is 0 Å². The molecule has 0 saturated heterocycles. The minimum absolute atomic E-state index is 0.0654. The molecule has 0 fully saturated rings. The molecule has 2 aromatic rings. The Morgan fingerprint density at radius 1 is 1.47 bits per heavy atom. The van der Waals surface area contributed by atoms with Gasteiger partial charge in [0.2, 0.25) is 0 Å². The number of carbonyl (C=O) groups is 1. The first kappa shape index (κ1) is 9.58. The van der Waals surface area contributed by atoms with Crippen molar-refractivity contribution in [3.05, 3.63) is 47.8 Å². The van der Waals surface area contributed by atoms with Crippen molar-refractivity contribution >= 4 is 6.29 Å². The lowest BCUT2D eigenvalue weighted by molar-refractivity contribution is 0.112. The molecule has 0 saturated carbocycles. The van der Waals surface area contributed by atoms with Gasteiger partial charge in [-0.15, -0.1) is 0 Å². The maximum absolute atomic E-state index is 13.3. The minimum Gasteiger partial charge on any atom is -0.306 e. The largest absolute Gasteiger partial charge is 0.306 e. The summed E-state index contributed by atoms with van der Waals surface area (Å²) in [7, 11) is 0. The SMILES string of the molecule is Cc1cn(-c2ccc(C=O)c(F)c2)cn1. The van der Waals surface area contributed by atoms with Crippen LogP contribution in [0.3, 0.4) is 0 Å². The molecule has 76 valence electrons. The molecule has 0 radical (unpaired) electrons. The molecule has 0 bridgehead atoms. The lowest BCUT2D eigenvalue weighted by Gasteiger charge is -2.02. The van der Waals surface area contributed by atoms with E-state index in [0.717, 1.165) is 5.69 Å². The van der Waals surface area contributed by atoms with Crippen molar-refractivity contribution in [1.29, 1.82) is 0 Å². The van der Waals surface area contributed by atoms with Crippen LogP contribution in [-0.2, 0) is 0 Å². The van der Waals surface area contributed by atoms with E-state index in [1.807, 2.05) is 6.92 Å². The zero-order valence-corrected chi connectivity index (χ0v) is 8.14. The fourth-order valence-electron chi connectivity index (χ4n) is 1.33. The van der Waals surface area contributed by atoms with Crippen LogP contribution in [0, 0.1) is 12.7 Å². The molecule has 1 aromatic heterocycles. The van der Waals surface area contributed by atoms with Gasteiger partial charge in [-0.05, 0) is 25.1 Å². The topological polar surface area (TPSA) is 34.9 Å². The Morgan fingerprint density at radius 3 is 2.80 bits per heavy atom. The van der Waals surface area contributed by atoms with Gasteiger partial charge < -0.3 is 4.57 Å². The second-order valence-corrected chi connectivity index (χ2v) is 3.25. The number of benzene rings is 1. The second kappa shape index (κ2) is 3.65. The van der Waals surface area contributed by atoms with E-state index in [2.05, 4.69) is 4.98 Å². The Bertz CT molecular complexity index is 505. The van der Waals surface area contributed by atoms with Crippen LogP contribution in [0.2, 0.25) is 0 Å². The number of aldehydes is 1. The summed E-state index contributed by atoms with van der Waals surface area (Å²) in [5, 5.41) is 0. The van der Waals surface area contributed by atoms with Gasteiger partial charge in [0.15, 0.2) is 6.29 Å². The Kier molecular flexibility index (Phi) is 2.33. The van der Waals surface area contributed by atoms with Crippen LogP contribution < -0.4 is 0 Å². The highest BCUT2D eigenvalue weighted by Gasteiger charge is 2.03. The van der Waals surface area contributed by atoms with Gasteiger partial charge in [0.1, 0.15) is 5.82 Å². The average Bonchev–Trinajstić information content (AvgIpc) is 2.65. The van der Waals surface area contributed by atoms with Crippen LogP contribution in [-0.4, -0.2) is 15.8 Å². The first-order valence-electron chi connectivity index (χ1n) is 4.46. The first-order chi connectivity index (χ1) is 7.20. The van der Waals surface area contributed by atoms with Gasteiger partial charge in [-0.3, -0.25) is 4.79 Å². The minimum atomic E-state index is -0.520. The number of rotatable bonds is 2. The summed E-state index contributed by atoms with van der Waals surface area (Å²) in [6.45, 7) is 1.85. The quantitative estimate of drug-likeness (QED) is 0.702. The van der Waals surface area contributed by atoms with Gasteiger partial charge in [0, 0.05) is 11.9 Å². The molecule has 0 spiro atoms. The van der Waals surface area contributed by atoms with Crippen LogP contribution in [0.15, 0.2) is 30.7 Å². The third-order valence-electron chi connectivity index (χ3n) is 2.12. The van der Waals surface area contributed by atoms with Crippen molar-refractivity contribution in [3.63, 3.8) is 0 Å². The smallest absolute Gasteiger partial charge is 0.152 e. The zero-order valence-electron chi connectivity index (χ0n) is 8.14. The molecular weight excluding hydrogens is 195 g/mol. The first-order valence-corrected chi connectivity index (χ1v) is 4.46. The standard InChI is InChI=1S/C11H9FN2O/c1-8-5-14(7-13-8)10-3-2-9(6-15)11(12)4-10/h2-7H,1H3. The number of aromatic nitrogens is 2. The van der Waals surface area contributed by atoms with Crippen molar-refractivity contribution in [3.8, 4) is 5.69 Å². The molecule has 0 unspecified atom stereocenters. The van der Waals surface area contributed by atoms with Crippen LogP contribution in [0.4, 0.5) is 4.39 Å².